The van der Waals surface area contributed by atoms with E-state index in [9.17, 15) is 0 Å². The molecule has 0 saturated heterocycles. The Morgan fingerprint density at radius 2 is 1.62 bits per heavy atom. The molecule has 0 amide bonds. The zero-order valence-corrected chi connectivity index (χ0v) is 9.24. The molecule has 2 heterocycles. The molecule has 78 valence electrons. The largest absolute Gasteiger partial charge is 0.227 e. The molecule has 0 fully saturated rings. The van der Waals surface area contributed by atoms with Crippen LogP contribution in [0.5, 0.6) is 0 Å². The molecule has 0 atom stereocenters. The summed E-state index contributed by atoms with van der Waals surface area (Å²) in [4.78, 5) is 11.7. The van der Waals surface area contributed by atoms with Gasteiger partial charge in [0.05, 0.1) is 0 Å². The van der Waals surface area contributed by atoms with Gasteiger partial charge in [-0.1, -0.05) is 6.07 Å². The van der Waals surface area contributed by atoms with Crippen molar-refractivity contribution in [3.63, 3.8) is 0 Å². The molecule has 0 radical (unpaired) electrons. The van der Waals surface area contributed by atoms with E-state index in [0.29, 0.717) is 5.82 Å². The Morgan fingerprint density at radius 3 is 2.25 bits per heavy atom. The Balaban J connectivity index is 2.20. The first-order chi connectivity index (χ1) is 7.74. The maximum absolute atomic E-state index is 5.71. The van der Waals surface area contributed by atoms with Gasteiger partial charge in [-0.3, -0.25) is 0 Å². The van der Waals surface area contributed by atoms with Gasteiger partial charge in [-0.15, -0.1) is 10.2 Å². The van der Waals surface area contributed by atoms with E-state index in [-0.39, 0.29) is 10.6 Å². The monoisotopic (exact) mass is 251 g/mol. The van der Waals surface area contributed by atoms with E-state index in [1.807, 2.05) is 18.2 Å². The maximum atomic E-state index is 5.71. The first-order valence-electron chi connectivity index (χ1n) is 4.36. The van der Waals surface area contributed by atoms with Gasteiger partial charge in [0.2, 0.25) is 10.6 Å². The summed E-state index contributed by atoms with van der Waals surface area (Å²) in [6.07, 6.45) is 0. The number of benzene rings is 1. The lowest BCUT2D eigenvalue weighted by molar-refractivity contribution is 1.05. The van der Waals surface area contributed by atoms with Crippen molar-refractivity contribution in [1.82, 2.24) is 15.0 Å². The normalized spacial score (nSPS) is 12.1. The number of nitrogens with zero attached hydrogens (tertiary/aromatic N) is 5. The Morgan fingerprint density at radius 1 is 0.875 bits per heavy atom. The number of rotatable bonds is 1. The fraction of sp³-hybridized carbons (Fsp3) is 0. The summed E-state index contributed by atoms with van der Waals surface area (Å²) in [6, 6.07) is 5.53. The smallest absolute Gasteiger partial charge is 0.198 e. The second kappa shape index (κ2) is 3.47. The van der Waals surface area contributed by atoms with Crippen molar-refractivity contribution in [2.24, 2.45) is 10.2 Å². The van der Waals surface area contributed by atoms with Crippen LogP contribution in [0, 0.1) is 0 Å². The zero-order chi connectivity index (χ0) is 11.1. The van der Waals surface area contributed by atoms with E-state index in [2.05, 4.69) is 25.2 Å². The van der Waals surface area contributed by atoms with Crippen molar-refractivity contribution in [2.45, 2.75) is 0 Å². The predicted octanol–water partition coefficient (Wildman–Crippen LogP) is 3.57. The number of halogens is 2. The number of aromatic nitrogens is 3. The Hall–Kier alpha value is -1.59. The molecular formula is C9H3Cl2N5. The van der Waals surface area contributed by atoms with E-state index in [0.717, 1.165) is 16.9 Å². The van der Waals surface area contributed by atoms with Gasteiger partial charge in [-0.25, -0.2) is 0 Å². The second-order valence-electron chi connectivity index (χ2n) is 3.07. The summed E-state index contributed by atoms with van der Waals surface area (Å²) in [5.74, 6) is 0.403. The van der Waals surface area contributed by atoms with E-state index >= 15 is 0 Å². The van der Waals surface area contributed by atoms with Gasteiger partial charge in [0, 0.05) is 5.56 Å². The average molecular weight is 252 g/mol. The summed E-state index contributed by atoms with van der Waals surface area (Å²) >= 11 is 11.4. The van der Waals surface area contributed by atoms with E-state index in [4.69, 9.17) is 23.2 Å². The fourth-order valence-electron chi connectivity index (χ4n) is 1.40. The van der Waals surface area contributed by atoms with E-state index < -0.39 is 0 Å². The van der Waals surface area contributed by atoms with Crippen LogP contribution < -0.4 is 0 Å². The SMILES string of the molecule is Clc1nc(Cl)nc(-c2cccc3c2N=N3)n1. The predicted molar refractivity (Wildman–Crippen MR) is 59.5 cm³/mol. The molecule has 2 aromatic rings. The highest BCUT2D eigenvalue weighted by Gasteiger charge is 2.18. The molecule has 0 aliphatic carbocycles. The lowest BCUT2D eigenvalue weighted by atomic mass is 10.1. The molecule has 0 spiro atoms. The maximum Gasteiger partial charge on any atom is 0.227 e. The van der Waals surface area contributed by atoms with Crippen LogP contribution in [0.15, 0.2) is 28.4 Å². The number of hydrogen-bond donors (Lipinski definition) is 0. The summed E-state index contributed by atoms with van der Waals surface area (Å²) < 4.78 is 0. The Bertz CT molecular complexity index is 591. The number of hydrogen-bond acceptors (Lipinski definition) is 5. The molecule has 3 rings (SSSR count). The Kier molecular flexibility index (Phi) is 2.08. The van der Waals surface area contributed by atoms with Crippen molar-refractivity contribution in [2.75, 3.05) is 0 Å². The lowest BCUT2D eigenvalue weighted by Crippen LogP contribution is -1.95. The van der Waals surface area contributed by atoms with Gasteiger partial charge in [-0.2, -0.15) is 15.0 Å². The fourth-order valence-corrected chi connectivity index (χ4v) is 1.77. The van der Waals surface area contributed by atoms with Crippen LogP contribution in [0.1, 0.15) is 0 Å². The van der Waals surface area contributed by atoms with Crippen molar-refractivity contribution < 1.29 is 0 Å². The first kappa shape index (κ1) is 9.62. The first-order valence-corrected chi connectivity index (χ1v) is 5.12. The minimum absolute atomic E-state index is 0.0591. The average Bonchev–Trinajstić information content (AvgIpc) is 2.18. The molecule has 1 aromatic carbocycles. The second-order valence-corrected chi connectivity index (χ2v) is 3.75. The molecule has 7 heteroatoms. The van der Waals surface area contributed by atoms with Gasteiger partial charge < -0.3 is 0 Å². The molecule has 0 saturated carbocycles. The van der Waals surface area contributed by atoms with Crippen LogP contribution >= 0.6 is 23.2 Å². The third-order valence-corrected chi connectivity index (χ3v) is 2.43. The van der Waals surface area contributed by atoms with Gasteiger partial charge >= 0.3 is 0 Å². The highest BCUT2D eigenvalue weighted by Crippen LogP contribution is 2.44. The van der Waals surface area contributed by atoms with E-state index in [1.54, 1.807) is 0 Å². The quantitative estimate of drug-likeness (QED) is 0.664. The molecule has 0 bridgehead atoms. The molecular weight excluding hydrogens is 249 g/mol. The van der Waals surface area contributed by atoms with Crippen LogP contribution in [0.4, 0.5) is 11.4 Å². The Labute approximate surface area is 100 Å². The topological polar surface area (TPSA) is 63.4 Å². The van der Waals surface area contributed by atoms with Crippen LogP contribution in [0.25, 0.3) is 11.4 Å². The number of fused-ring (bicyclic) bond motifs is 1. The van der Waals surface area contributed by atoms with Crippen LogP contribution in [0.2, 0.25) is 10.6 Å². The minimum atomic E-state index is 0.0591. The molecule has 5 nitrogen and oxygen atoms in total. The minimum Gasteiger partial charge on any atom is -0.198 e. The van der Waals surface area contributed by atoms with Gasteiger partial charge in [0.25, 0.3) is 0 Å². The van der Waals surface area contributed by atoms with Crippen molar-refractivity contribution in [3.8, 4) is 11.4 Å². The molecule has 0 unspecified atom stereocenters. The summed E-state index contributed by atoms with van der Waals surface area (Å²) in [6.45, 7) is 0. The van der Waals surface area contributed by atoms with Crippen molar-refractivity contribution >= 4 is 34.6 Å². The molecule has 16 heavy (non-hydrogen) atoms. The van der Waals surface area contributed by atoms with Gasteiger partial charge in [0.15, 0.2) is 5.82 Å². The summed E-state index contributed by atoms with van der Waals surface area (Å²) in [5.41, 5.74) is 2.31. The van der Waals surface area contributed by atoms with Crippen LogP contribution in [-0.2, 0) is 0 Å². The molecule has 1 aliphatic heterocycles. The van der Waals surface area contributed by atoms with E-state index in [1.165, 1.54) is 0 Å². The third-order valence-electron chi connectivity index (χ3n) is 2.09. The molecule has 1 aliphatic rings. The third kappa shape index (κ3) is 1.45. The lowest BCUT2D eigenvalue weighted by Gasteiger charge is -2.11. The van der Waals surface area contributed by atoms with Crippen molar-refractivity contribution in [1.29, 1.82) is 0 Å². The number of azo groups is 1. The molecule has 0 N–H and O–H groups in total. The van der Waals surface area contributed by atoms with Crippen LogP contribution in [0.3, 0.4) is 0 Å². The zero-order valence-electron chi connectivity index (χ0n) is 7.72. The summed E-state index contributed by atoms with van der Waals surface area (Å²) in [7, 11) is 0. The highest BCUT2D eigenvalue weighted by molar-refractivity contribution is 6.31. The highest BCUT2D eigenvalue weighted by atomic mass is 35.5. The van der Waals surface area contributed by atoms with Gasteiger partial charge in [0.1, 0.15) is 11.4 Å². The molecule has 1 aromatic heterocycles. The standard InChI is InChI=1S/C9H3Cl2N5/c10-8-12-7(13-9(11)14-8)4-2-1-3-5-6(4)16-15-5/h1-3H. The van der Waals surface area contributed by atoms with Crippen LogP contribution in [-0.4, -0.2) is 15.0 Å². The summed E-state index contributed by atoms with van der Waals surface area (Å²) in [5, 5.41) is 7.88. The van der Waals surface area contributed by atoms with Gasteiger partial charge in [-0.05, 0) is 35.3 Å². The van der Waals surface area contributed by atoms with Crippen molar-refractivity contribution in [3.05, 3.63) is 28.8 Å².